The molecule has 0 aliphatic carbocycles. The summed E-state index contributed by atoms with van der Waals surface area (Å²) in [7, 11) is 1.38. The van der Waals surface area contributed by atoms with Crippen molar-refractivity contribution in [1.29, 1.82) is 0 Å². The van der Waals surface area contributed by atoms with Crippen LogP contribution in [-0.4, -0.2) is 23.4 Å². The zero-order valence-corrected chi connectivity index (χ0v) is 10.4. The second kappa shape index (κ2) is 5.02. The van der Waals surface area contributed by atoms with Gasteiger partial charge in [-0.2, -0.15) is 0 Å². The van der Waals surface area contributed by atoms with Gasteiger partial charge in [0.05, 0.1) is 17.7 Å². The molecule has 0 unspecified atom stereocenters. The molecule has 1 amide bonds. The molecule has 0 aliphatic rings. The third-order valence-electron chi connectivity index (χ3n) is 2.13. The van der Waals surface area contributed by atoms with E-state index in [1.165, 1.54) is 19.2 Å². The van der Waals surface area contributed by atoms with Crippen LogP contribution in [-0.2, 0) is 0 Å². The van der Waals surface area contributed by atoms with E-state index in [4.69, 9.17) is 26.5 Å². The van der Waals surface area contributed by atoms with Crippen LogP contribution in [0, 0.1) is 0 Å². The van der Waals surface area contributed by atoms with Crippen molar-refractivity contribution in [1.82, 2.24) is 10.2 Å². The van der Waals surface area contributed by atoms with Gasteiger partial charge >= 0.3 is 11.8 Å². The Kier molecular flexibility index (Phi) is 3.43. The van der Waals surface area contributed by atoms with Crippen LogP contribution in [0.25, 0.3) is 11.5 Å². The summed E-state index contributed by atoms with van der Waals surface area (Å²) in [6.45, 7) is 0. The van der Waals surface area contributed by atoms with Gasteiger partial charge in [0, 0.05) is 6.07 Å². The monoisotopic (exact) mass is 285 g/mol. The highest BCUT2D eigenvalue weighted by atomic mass is 35.5. The normalized spacial score (nSPS) is 10.2. The third kappa shape index (κ3) is 2.68. The van der Waals surface area contributed by atoms with E-state index in [0.717, 1.165) is 0 Å². The molecule has 1 aromatic heterocycles. The van der Waals surface area contributed by atoms with Crippen LogP contribution < -0.4 is 21.0 Å². The summed E-state index contributed by atoms with van der Waals surface area (Å²) in [5.41, 5.74) is 5.22. The average molecular weight is 286 g/mol. The minimum atomic E-state index is -1.01. The third-order valence-corrected chi connectivity index (χ3v) is 2.43. The fraction of sp³-hybridized carbons (Fsp3) is 0.100. The number of aromatic amines is 1. The number of hydrogen-bond acceptors (Lipinski definition) is 6. The summed E-state index contributed by atoms with van der Waals surface area (Å²) in [6, 6.07) is 2.70. The molecular formula is C10H8ClN3O5. The van der Waals surface area contributed by atoms with Gasteiger partial charge in [-0.25, -0.2) is 14.7 Å². The molecule has 19 heavy (non-hydrogen) atoms. The molecule has 8 nitrogen and oxygen atoms in total. The van der Waals surface area contributed by atoms with Crippen molar-refractivity contribution in [3.05, 3.63) is 27.7 Å². The summed E-state index contributed by atoms with van der Waals surface area (Å²) < 4.78 is 14.6. The molecule has 0 saturated heterocycles. The first-order valence-corrected chi connectivity index (χ1v) is 5.29. The number of hydrogen-bond donors (Lipinski definition) is 2. The van der Waals surface area contributed by atoms with Crippen molar-refractivity contribution in [2.45, 2.75) is 0 Å². The Bertz CT molecular complexity index is 678. The Balaban J connectivity index is 2.53. The van der Waals surface area contributed by atoms with Gasteiger partial charge < -0.3 is 19.6 Å². The summed E-state index contributed by atoms with van der Waals surface area (Å²) in [5.74, 6) is -0.455. The lowest BCUT2D eigenvalue weighted by atomic mass is 10.2. The van der Waals surface area contributed by atoms with Gasteiger partial charge in [-0.1, -0.05) is 11.6 Å². The first-order valence-electron chi connectivity index (χ1n) is 4.92. The number of carbonyl (C=O) groups excluding carboxylic acids is 1. The highest BCUT2D eigenvalue weighted by Crippen LogP contribution is 2.37. The van der Waals surface area contributed by atoms with Crippen LogP contribution in [0.4, 0.5) is 4.79 Å². The van der Waals surface area contributed by atoms with Gasteiger partial charge in [0.1, 0.15) is 5.75 Å². The number of primary amides is 1. The molecule has 100 valence electrons. The van der Waals surface area contributed by atoms with Crippen molar-refractivity contribution in [2.24, 2.45) is 5.73 Å². The number of methoxy groups -OCH3 is 1. The highest BCUT2D eigenvalue weighted by Gasteiger charge is 2.17. The number of halogens is 1. The smallest absolute Gasteiger partial charge is 0.434 e. The second-order valence-corrected chi connectivity index (χ2v) is 3.73. The number of rotatable bonds is 3. The molecule has 2 rings (SSSR count). The standard InChI is InChI=1S/C10H8ClN3O5/c1-17-6-3-7(18-9(12)15)5(11)2-4(6)8-13-14-10(16)19-8/h2-3H,1H3,(H2,12,15)(H,14,16). The van der Waals surface area contributed by atoms with Crippen molar-refractivity contribution < 1.29 is 18.7 Å². The predicted octanol–water partition coefficient (Wildman–Crippen LogP) is 1.15. The molecule has 1 heterocycles. The molecule has 0 saturated carbocycles. The summed E-state index contributed by atoms with van der Waals surface area (Å²) in [5, 5.41) is 5.84. The minimum absolute atomic E-state index is 0.00521. The van der Waals surface area contributed by atoms with E-state index in [2.05, 4.69) is 14.9 Å². The Morgan fingerprint density at radius 1 is 1.47 bits per heavy atom. The quantitative estimate of drug-likeness (QED) is 0.872. The summed E-state index contributed by atoms with van der Waals surface area (Å²) >= 11 is 5.91. The van der Waals surface area contributed by atoms with Crippen molar-refractivity contribution >= 4 is 17.7 Å². The van der Waals surface area contributed by atoms with Gasteiger partial charge in [0.25, 0.3) is 5.89 Å². The highest BCUT2D eigenvalue weighted by molar-refractivity contribution is 6.32. The number of nitrogens with one attached hydrogen (secondary N) is 1. The maximum Gasteiger partial charge on any atom is 0.434 e. The molecule has 0 spiro atoms. The molecule has 2 aromatic rings. The molecule has 3 N–H and O–H groups in total. The number of ether oxygens (including phenoxy) is 2. The van der Waals surface area contributed by atoms with Crippen LogP contribution in [0.2, 0.25) is 5.02 Å². The average Bonchev–Trinajstić information content (AvgIpc) is 2.77. The van der Waals surface area contributed by atoms with E-state index in [1.807, 2.05) is 0 Å². The molecule has 0 atom stereocenters. The van der Waals surface area contributed by atoms with E-state index in [-0.39, 0.29) is 22.4 Å². The van der Waals surface area contributed by atoms with Crippen LogP contribution >= 0.6 is 11.6 Å². The number of nitrogens with zero attached hydrogens (tertiary/aromatic N) is 1. The van der Waals surface area contributed by atoms with Gasteiger partial charge in [0.15, 0.2) is 5.75 Å². The molecular weight excluding hydrogens is 278 g/mol. The van der Waals surface area contributed by atoms with E-state index < -0.39 is 11.8 Å². The van der Waals surface area contributed by atoms with Gasteiger partial charge in [-0.05, 0) is 6.07 Å². The number of amides is 1. The van der Waals surface area contributed by atoms with Crippen LogP contribution in [0.5, 0.6) is 11.5 Å². The van der Waals surface area contributed by atoms with Crippen molar-refractivity contribution in [3.8, 4) is 23.0 Å². The Morgan fingerprint density at radius 2 is 2.21 bits per heavy atom. The lowest BCUT2D eigenvalue weighted by Crippen LogP contribution is -2.16. The molecule has 1 aromatic carbocycles. The topological polar surface area (TPSA) is 120 Å². The molecule has 0 radical (unpaired) electrons. The van der Waals surface area contributed by atoms with Crippen LogP contribution in [0.15, 0.2) is 21.3 Å². The van der Waals surface area contributed by atoms with Crippen LogP contribution in [0.1, 0.15) is 0 Å². The number of aromatic nitrogens is 2. The lowest BCUT2D eigenvalue weighted by molar-refractivity contribution is 0.210. The number of benzene rings is 1. The zero-order chi connectivity index (χ0) is 14.0. The van der Waals surface area contributed by atoms with E-state index in [1.54, 1.807) is 0 Å². The van der Waals surface area contributed by atoms with Gasteiger partial charge in [-0.3, -0.25) is 0 Å². The Labute approximate surface area is 111 Å². The number of H-pyrrole nitrogens is 1. The van der Waals surface area contributed by atoms with E-state index in [9.17, 15) is 9.59 Å². The molecule has 0 aliphatic heterocycles. The SMILES string of the molecule is COc1cc(OC(N)=O)c(Cl)cc1-c1n[nH]c(=O)o1. The van der Waals surface area contributed by atoms with Crippen molar-refractivity contribution in [3.63, 3.8) is 0 Å². The first kappa shape index (κ1) is 13.0. The number of nitrogens with two attached hydrogens (primary N) is 1. The molecule has 0 fully saturated rings. The van der Waals surface area contributed by atoms with E-state index >= 15 is 0 Å². The molecule has 0 bridgehead atoms. The van der Waals surface area contributed by atoms with E-state index in [0.29, 0.717) is 5.56 Å². The summed E-state index contributed by atoms with van der Waals surface area (Å²) in [4.78, 5) is 21.6. The Morgan fingerprint density at radius 3 is 2.74 bits per heavy atom. The predicted molar refractivity (Wildman–Crippen MR) is 64.3 cm³/mol. The second-order valence-electron chi connectivity index (χ2n) is 3.32. The number of carbonyl (C=O) groups is 1. The van der Waals surface area contributed by atoms with Gasteiger partial charge in [-0.15, -0.1) is 5.10 Å². The largest absolute Gasteiger partial charge is 0.496 e. The Hall–Kier alpha value is -2.48. The maximum atomic E-state index is 10.9. The zero-order valence-electron chi connectivity index (χ0n) is 9.60. The lowest BCUT2D eigenvalue weighted by Gasteiger charge is -2.09. The first-order chi connectivity index (χ1) is 9.01. The van der Waals surface area contributed by atoms with Crippen molar-refractivity contribution in [2.75, 3.05) is 7.11 Å². The molecule has 9 heteroatoms. The van der Waals surface area contributed by atoms with Crippen LogP contribution in [0.3, 0.4) is 0 Å². The minimum Gasteiger partial charge on any atom is -0.496 e. The summed E-state index contributed by atoms with van der Waals surface area (Å²) in [6.07, 6.45) is -1.01. The fourth-order valence-electron chi connectivity index (χ4n) is 1.40. The van der Waals surface area contributed by atoms with Gasteiger partial charge in [0.2, 0.25) is 0 Å². The fourth-order valence-corrected chi connectivity index (χ4v) is 1.60. The maximum absolute atomic E-state index is 10.9.